The van der Waals surface area contributed by atoms with Gasteiger partial charge in [0.15, 0.2) is 0 Å². The van der Waals surface area contributed by atoms with E-state index < -0.39 is 0 Å². The molecule has 9 rings (SSSR count). The van der Waals surface area contributed by atoms with E-state index in [1.807, 2.05) is 0 Å². The van der Waals surface area contributed by atoms with Crippen LogP contribution in [0.4, 0.5) is 17.1 Å². The van der Waals surface area contributed by atoms with Crippen LogP contribution >= 0.6 is 0 Å². The van der Waals surface area contributed by atoms with Crippen LogP contribution in [-0.2, 0) is 5.41 Å². The summed E-state index contributed by atoms with van der Waals surface area (Å²) in [5, 5.41) is 2.50. The molecule has 50 heavy (non-hydrogen) atoms. The Balaban J connectivity index is 1.27. The van der Waals surface area contributed by atoms with E-state index in [1.54, 1.807) is 0 Å². The van der Waals surface area contributed by atoms with Crippen LogP contribution in [0, 0.1) is 0 Å². The fourth-order valence-corrected chi connectivity index (χ4v) is 8.02. The quantitative estimate of drug-likeness (QED) is 0.175. The molecule has 0 amide bonds. The fraction of sp³-hybridized carbons (Fsp3) is 0.0612. The van der Waals surface area contributed by atoms with Crippen LogP contribution in [0.5, 0.6) is 0 Å². The Hall–Kier alpha value is -6.18. The molecule has 0 fully saturated rings. The molecule has 0 aromatic heterocycles. The van der Waals surface area contributed by atoms with Crippen molar-refractivity contribution in [1.82, 2.24) is 0 Å². The monoisotopic (exact) mass is 639 g/mol. The van der Waals surface area contributed by atoms with Gasteiger partial charge in [-0.3, -0.25) is 0 Å². The van der Waals surface area contributed by atoms with Crippen LogP contribution in [-0.4, -0.2) is 0 Å². The SMILES string of the molecule is CC1(C)c2ccccc2-c2cccc(N(c3cccc(-c4ccc5ccccc5c4)c3)c3ccccc3-c3cccc(-c4ccccc4)c3)c21. The molecule has 0 N–H and O–H groups in total. The van der Waals surface area contributed by atoms with Gasteiger partial charge >= 0.3 is 0 Å². The maximum absolute atomic E-state index is 2.50. The van der Waals surface area contributed by atoms with Gasteiger partial charge in [-0.15, -0.1) is 0 Å². The zero-order valence-electron chi connectivity index (χ0n) is 28.3. The first-order valence-electron chi connectivity index (χ1n) is 17.4. The Morgan fingerprint density at radius 2 is 0.940 bits per heavy atom. The average Bonchev–Trinajstić information content (AvgIpc) is 3.42. The van der Waals surface area contributed by atoms with Gasteiger partial charge in [-0.1, -0.05) is 166 Å². The topological polar surface area (TPSA) is 3.24 Å². The zero-order chi connectivity index (χ0) is 33.7. The second kappa shape index (κ2) is 12.1. The molecule has 0 spiro atoms. The number of hydrogen-bond acceptors (Lipinski definition) is 1. The van der Waals surface area contributed by atoms with Gasteiger partial charge < -0.3 is 4.90 Å². The third-order valence-electron chi connectivity index (χ3n) is 10.4. The summed E-state index contributed by atoms with van der Waals surface area (Å²) in [4.78, 5) is 2.50. The van der Waals surface area contributed by atoms with Gasteiger partial charge in [0.1, 0.15) is 0 Å². The zero-order valence-corrected chi connectivity index (χ0v) is 28.3. The minimum Gasteiger partial charge on any atom is -0.310 e. The van der Waals surface area contributed by atoms with E-state index in [0.717, 1.165) is 11.4 Å². The predicted molar refractivity (Wildman–Crippen MR) is 213 cm³/mol. The number of benzene rings is 8. The van der Waals surface area contributed by atoms with E-state index in [9.17, 15) is 0 Å². The minimum absolute atomic E-state index is 0.182. The first kappa shape index (κ1) is 29.9. The van der Waals surface area contributed by atoms with Crippen LogP contribution in [0.1, 0.15) is 25.0 Å². The average molecular weight is 640 g/mol. The molecule has 0 unspecified atom stereocenters. The van der Waals surface area contributed by atoms with Crippen molar-refractivity contribution in [3.8, 4) is 44.5 Å². The molecule has 0 heterocycles. The number of para-hydroxylation sites is 1. The molecule has 8 aromatic rings. The van der Waals surface area contributed by atoms with E-state index in [0.29, 0.717) is 0 Å². The first-order valence-corrected chi connectivity index (χ1v) is 17.4. The maximum atomic E-state index is 2.50. The second-order valence-electron chi connectivity index (χ2n) is 13.8. The van der Waals surface area contributed by atoms with E-state index in [4.69, 9.17) is 0 Å². The molecule has 1 aliphatic carbocycles. The van der Waals surface area contributed by atoms with Gasteiger partial charge in [0.2, 0.25) is 0 Å². The summed E-state index contributed by atoms with van der Waals surface area (Å²) in [6.45, 7) is 4.75. The summed E-state index contributed by atoms with van der Waals surface area (Å²) in [5.74, 6) is 0. The molecule has 0 aliphatic heterocycles. The van der Waals surface area contributed by atoms with E-state index >= 15 is 0 Å². The Kier molecular flexibility index (Phi) is 7.21. The summed E-state index contributed by atoms with van der Waals surface area (Å²) >= 11 is 0. The molecule has 0 saturated carbocycles. The van der Waals surface area contributed by atoms with Crippen molar-refractivity contribution in [3.05, 3.63) is 199 Å². The number of fused-ring (bicyclic) bond motifs is 4. The van der Waals surface area contributed by atoms with Crippen molar-refractivity contribution in [2.75, 3.05) is 4.90 Å². The highest BCUT2D eigenvalue weighted by molar-refractivity contribution is 5.95. The van der Waals surface area contributed by atoms with Gasteiger partial charge in [0, 0.05) is 16.7 Å². The lowest BCUT2D eigenvalue weighted by Crippen LogP contribution is -2.21. The minimum atomic E-state index is -0.182. The van der Waals surface area contributed by atoms with Crippen LogP contribution in [0.15, 0.2) is 188 Å². The predicted octanol–water partition coefficient (Wildman–Crippen LogP) is 13.6. The highest BCUT2D eigenvalue weighted by Crippen LogP contribution is 2.55. The number of nitrogens with zero attached hydrogens (tertiary/aromatic N) is 1. The lowest BCUT2D eigenvalue weighted by atomic mass is 9.81. The lowest BCUT2D eigenvalue weighted by Gasteiger charge is -2.33. The van der Waals surface area contributed by atoms with Crippen molar-refractivity contribution < 1.29 is 0 Å². The number of anilines is 3. The lowest BCUT2D eigenvalue weighted by molar-refractivity contribution is 0.661. The Morgan fingerprint density at radius 1 is 0.360 bits per heavy atom. The molecule has 0 bridgehead atoms. The molecule has 1 aliphatic rings. The van der Waals surface area contributed by atoms with Crippen LogP contribution < -0.4 is 4.90 Å². The standard InChI is InChI=1S/C49H37N/c1-49(2)45-26-10-8-24-43(45)44-25-14-28-47(48(44)49)50(41-22-13-20-38(33-41)39-30-29-35-17-6-7-18-36(35)31-39)46-27-11-9-23-42(46)40-21-12-19-37(32-40)34-15-4-3-5-16-34/h3-33H,1-2H3. The molecule has 1 heteroatoms. The van der Waals surface area contributed by atoms with Crippen LogP contribution in [0.25, 0.3) is 55.3 Å². The van der Waals surface area contributed by atoms with Crippen molar-refractivity contribution >= 4 is 27.8 Å². The molecule has 0 saturated heterocycles. The van der Waals surface area contributed by atoms with Gasteiger partial charge in [0.25, 0.3) is 0 Å². The van der Waals surface area contributed by atoms with Gasteiger partial charge in [-0.2, -0.15) is 0 Å². The molecular formula is C49H37N. The summed E-state index contributed by atoms with van der Waals surface area (Å²) in [6.07, 6.45) is 0. The summed E-state index contributed by atoms with van der Waals surface area (Å²) in [7, 11) is 0. The molecular weight excluding hydrogens is 603 g/mol. The Morgan fingerprint density at radius 3 is 1.80 bits per heavy atom. The van der Waals surface area contributed by atoms with E-state index in [2.05, 4.69) is 207 Å². The van der Waals surface area contributed by atoms with E-state index in [-0.39, 0.29) is 5.41 Å². The van der Waals surface area contributed by atoms with Crippen molar-refractivity contribution in [2.24, 2.45) is 0 Å². The third-order valence-corrected chi connectivity index (χ3v) is 10.4. The molecule has 1 nitrogen and oxygen atoms in total. The van der Waals surface area contributed by atoms with Gasteiger partial charge in [0.05, 0.1) is 11.4 Å². The second-order valence-corrected chi connectivity index (χ2v) is 13.8. The highest BCUT2D eigenvalue weighted by atomic mass is 15.1. The first-order chi connectivity index (χ1) is 24.6. The normalized spacial score (nSPS) is 12.8. The van der Waals surface area contributed by atoms with Gasteiger partial charge in [-0.05, 0) is 97.2 Å². The summed E-state index contributed by atoms with van der Waals surface area (Å²) in [6, 6.07) is 68.7. The molecule has 0 radical (unpaired) electrons. The maximum Gasteiger partial charge on any atom is 0.0540 e. The number of hydrogen-bond donors (Lipinski definition) is 0. The molecule has 238 valence electrons. The Bertz CT molecular complexity index is 2520. The van der Waals surface area contributed by atoms with E-state index in [1.165, 1.54) is 72.1 Å². The highest BCUT2D eigenvalue weighted by Gasteiger charge is 2.39. The molecule has 8 aromatic carbocycles. The summed E-state index contributed by atoms with van der Waals surface area (Å²) < 4.78 is 0. The Labute approximate surface area is 294 Å². The molecule has 0 atom stereocenters. The van der Waals surface area contributed by atoms with Gasteiger partial charge in [-0.25, -0.2) is 0 Å². The summed E-state index contributed by atoms with van der Waals surface area (Å²) in [5.41, 5.74) is 15.8. The van der Waals surface area contributed by atoms with Crippen molar-refractivity contribution in [3.63, 3.8) is 0 Å². The van der Waals surface area contributed by atoms with Crippen LogP contribution in [0.3, 0.4) is 0 Å². The smallest absolute Gasteiger partial charge is 0.0540 e. The van der Waals surface area contributed by atoms with Crippen molar-refractivity contribution in [1.29, 1.82) is 0 Å². The van der Waals surface area contributed by atoms with Crippen molar-refractivity contribution in [2.45, 2.75) is 19.3 Å². The number of rotatable bonds is 6. The van der Waals surface area contributed by atoms with Crippen LogP contribution in [0.2, 0.25) is 0 Å². The third kappa shape index (κ3) is 5.02. The largest absolute Gasteiger partial charge is 0.310 e. The fourth-order valence-electron chi connectivity index (χ4n) is 8.02.